The minimum Gasteiger partial charge on any atom is -0.261 e. The molecule has 0 bridgehead atoms. The van der Waals surface area contributed by atoms with Crippen LogP contribution in [0.1, 0.15) is 41.3 Å². The van der Waals surface area contributed by atoms with Crippen molar-refractivity contribution in [1.29, 1.82) is 0 Å². The predicted octanol–water partition coefficient (Wildman–Crippen LogP) is 7.48. The molecule has 1 heterocycles. The monoisotopic (exact) mass is 473 g/mol. The Morgan fingerprint density at radius 1 is 0.771 bits per heavy atom. The van der Waals surface area contributed by atoms with Crippen LogP contribution in [0.5, 0.6) is 0 Å². The maximum atomic E-state index is 14.6. The number of hydrogen-bond acceptors (Lipinski definition) is 1. The van der Waals surface area contributed by atoms with E-state index in [1.54, 1.807) is 6.07 Å². The zero-order valence-corrected chi connectivity index (χ0v) is 19.2. The van der Waals surface area contributed by atoms with Crippen LogP contribution in [0.2, 0.25) is 0 Å². The third kappa shape index (κ3) is 5.96. The summed E-state index contributed by atoms with van der Waals surface area (Å²) in [6.07, 6.45) is 8.86. The molecule has 0 amide bonds. The number of nitrogens with zero attached hydrogens (tertiary/aromatic N) is 1. The molecule has 176 valence electrons. The topological polar surface area (TPSA) is 12.9 Å². The molecule has 0 fully saturated rings. The summed E-state index contributed by atoms with van der Waals surface area (Å²) < 4.78 is 56.5. The first-order chi connectivity index (χ1) is 16.9. The van der Waals surface area contributed by atoms with E-state index in [0.717, 1.165) is 30.2 Å². The van der Waals surface area contributed by atoms with Gasteiger partial charge in [-0.1, -0.05) is 42.2 Å². The molecule has 0 spiro atoms. The van der Waals surface area contributed by atoms with Crippen molar-refractivity contribution in [3.63, 3.8) is 0 Å². The number of aryl methyl sites for hydroxylation is 3. The van der Waals surface area contributed by atoms with Gasteiger partial charge in [-0.2, -0.15) is 0 Å². The lowest BCUT2D eigenvalue weighted by molar-refractivity contribution is 0.517. The molecule has 0 aliphatic rings. The van der Waals surface area contributed by atoms with Crippen molar-refractivity contribution in [2.24, 2.45) is 0 Å². The van der Waals surface area contributed by atoms with Crippen molar-refractivity contribution in [2.45, 2.75) is 32.6 Å². The van der Waals surface area contributed by atoms with Crippen molar-refractivity contribution >= 4 is 10.8 Å². The molecule has 0 saturated carbocycles. The lowest BCUT2D eigenvalue weighted by Gasteiger charge is -2.06. The summed E-state index contributed by atoms with van der Waals surface area (Å²) >= 11 is 0. The summed E-state index contributed by atoms with van der Waals surface area (Å²) in [6.45, 7) is 1.99. The second kappa shape index (κ2) is 11.0. The minimum atomic E-state index is -0.940. The first-order valence-electron chi connectivity index (χ1n) is 11.4. The highest BCUT2D eigenvalue weighted by molar-refractivity contribution is 5.84. The molecule has 0 aliphatic heterocycles. The highest BCUT2D eigenvalue weighted by Gasteiger charge is 2.11. The first-order valence-corrected chi connectivity index (χ1v) is 11.4. The molecule has 0 radical (unpaired) electrons. The fourth-order valence-corrected chi connectivity index (χ4v) is 3.81. The van der Waals surface area contributed by atoms with E-state index >= 15 is 0 Å². The normalized spacial score (nSPS) is 11.1. The van der Waals surface area contributed by atoms with Gasteiger partial charge in [0.2, 0.25) is 0 Å². The molecule has 0 N–H and O–H groups in total. The molecule has 0 unspecified atom stereocenters. The molecule has 4 aromatic rings. The van der Waals surface area contributed by atoms with E-state index in [0.29, 0.717) is 29.4 Å². The number of halogens is 4. The van der Waals surface area contributed by atoms with Gasteiger partial charge in [0.15, 0.2) is 11.6 Å². The average Bonchev–Trinajstić information content (AvgIpc) is 2.85. The molecule has 3 aromatic carbocycles. The molecular formula is C30H23F4N. The minimum absolute atomic E-state index is 0.120. The van der Waals surface area contributed by atoms with E-state index < -0.39 is 23.3 Å². The van der Waals surface area contributed by atoms with Crippen molar-refractivity contribution < 1.29 is 17.6 Å². The fourth-order valence-electron chi connectivity index (χ4n) is 3.81. The predicted molar refractivity (Wildman–Crippen MR) is 131 cm³/mol. The SMILES string of the molecule is C/C=C/CCc1ccc(CCc2cc(F)c(C#Cc3ccc4c(F)c(F)ccc4c3)c(F)c2)nc1. The lowest BCUT2D eigenvalue weighted by atomic mass is 10.0. The van der Waals surface area contributed by atoms with E-state index in [4.69, 9.17) is 0 Å². The Bertz CT molecular complexity index is 1420. The van der Waals surface area contributed by atoms with E-state index in [1.807, 2.05) is 31.3 Å². The fraction of sp³-hybridized carbons (Fsp3) is 0.167. The van der Waals surface area contributed by atoms with Gasteiger partial charge in [-0.3, -0.25) is 4.98 Å². The summed E-state index contributed by atoms with van der Waals surface area (Å²) in [5.41, 5.74) is 2.63. The summed E-state index contributed by atoms with van der Waals surface area (Å²) in [7, 11) is 0. The largest absolute Gasteiger partial charge is 0.261 e. The first kappa shape index (κ1) is 24.2. The number of allylic oxidation sites excluding steroid dienone is 2. The Balaban J connectivity index is 1.45. The number of benzene rings is 3. The van der Waals surface area contributed by atoms with Crippen molar-refractivity contribution in [1.82, 2.24) is 4.98 Å². The quantitative estimate of drug-likeness (QED) is 0.161. The highest BCUT2D eigenvalue weighted by atomic mass is 19.2. The van der Waals surface area contributed by atoms with Crippen LogP contribution in [-0.4, -0.2) is 4.98 Å². The molecular weight excluding hydrogens is 450 g/mol. The van der Waals surface area contributed by atoms with Gasteiger partial charge in [0.25, 0.3) is 0 Å². The van der Waals surface area contributed by atoms with Crippen molar-refractivity contribution in [3.05, 3.63) is 124 Å². The molecule has 35 heavy (non-hydrogen) atoms. The molecule has 1 aromatic heterocycles. The second-order valence-corrected chi connectivity index (χ2v) is 8.25. The Kier molecular flexibility index (Phi) is 7.62. The van der Waals surface area contributed by atoms with Gasteiger partial charge < -0.3 is 0 Å². The Labute approximate surface area is 202 Å². The molecule has 0 saturated heterocycles. The number of rotatable bonds is 6. The number of hydrogen-bond donors (Lipinski definition) is 0. The van der Waals surface area contributed by atoms with Gasteiger partial charge in [0.05, 0.1) is 5.56 Å². The summed E-state index contributed by atoms with van der Waals surface area (Å²) in [5, 5.41) is 0.571. The molecule has 4 rings (SSSR count). The van der Waals surface area contributed by atoms with Gasteiger partial charge >= 0.3 is 0 Å². The summed E-state index contributed by atoms with van der Waals surface area (Å²) in [6, 6.07) is 13.5. The molecule has 0 atom stereocenters. The number of aromatic nitrogens is 1. The van der Waals surface area contributed by atoms with Crippen LogP contribution in [-0.2, 0) is 19.3 Å². The third-order valence-electron chi connectivity index (χ3n) is 5.73. The van der Waals surface area contributed by atoms with E-state index in [-0.39, 0.29) is 10.9 Å². The van der Waals surface area contributed by atoms with Gasteiger partial charge in [-0.05, 0) is 85.5 Å². The summed E-state index contributed by atoms with van der Waals surface area (Å²) in [5.74, 6) is 1.88. The second-order valence-electron chi connectivity index (χ2n) is 8.25. The van der Waals surface area contributed by atoms with Crippen LogP contribution in [0.15, 0.2) is 72.9 Å². The van der Waals surface area contributed by atoms with Crippen LogP contribution >= 0.6 is 0 Å². The molecule has 5 heteroatoms. The van der Waals surface area contributed by atoms with Crippen LogP contribution in [0.25, 0.3) is 10.8 Å². The van der Waals surface area contributed by atoms with E-state index in [2.05, 4.69) is 22.9 Å². The standard InChI is InChI=1S/C30H23F4N/c1-2-3-4-5-21-6-11-24(35-19-21)12-7-22-17-28(32)26(29(33)18-22)14-9-20-8-13-25-23(16-20)10-15-27(31)30(25)34/h2-3,6,8,10-11,13,15-19H,4-5,7,12H2,1H3/b3-2+. The lowest BCUT2D eigenvalue weighted by Crippen LogP contribution is -1.99. The summed E-state index contributed by atoms with van der Waals surface area (Å²) in [4.78, 5) is 4.45. The van der Waals surface area contributed by atoms with Crippen molar-refractivity contribution in [3.8, 4) is 11.8 Å². The van der Waals surface area contributed by atoms with Crippen molar-refractivity contribution in [2.75, 3.05) is 0 Å². The average molecular weight is 474 g/mol. The molecule has 1 nitrogen and oxygen atoms in total. The zero-order chi connectivity index (χ0) is 24.8. The van der Waals surface area contributed by atoms with Crippen LogP contribution < -0.4 is 0 Å². The molecule has 0 aliphatic carbocycles. The van der Waals surface area contributed by atoms with Gasteiger partial charge in [0.1, 0.15) is 11.6 Å². The Morgan fingerprint density at radius 2 is 1.57 bits per heavy atom. The van der Waals surface area contributed by atoms with Gasteiger partial charge in [0, 0.05) is 22.8 Å². The highest BCUT2D eigenvalue weighted by Crippen LogP contribution is 2.22. The maximum absolute atomic E-state index is 14.6. The number of pyridine rings is 1. The van der Waals surface area contributed by atoms with Crippen LogP contribution in [0, 0.1) is 35.1 Å². The Hall–Kier alpha value is -3.91. The zero-order valence-electron chi connectivity index (χ0n) is 19.2. The van der Waals surface area contributed by atoms with E-state index in [1.165, 1.54) is 30.3 Å². The third-order valence-corrected chi connectivity index (χ3v) is 5.73. The smallest absolute Gasteiger partial charge is 0.166 e. The van der Waals surface area contributed by atoms with Gasteiger partial charge in [-0.25, -0.2) is 17.6 Å². The number of fused-ring (bicyclic) bond motifs is 1. The maximum Gasteiger partial charge on any atom is 0.166 e. The van der Waals surface area contributed by atoms with E-state index in [9.17, 15) is 17.6 Å². The van der Waals surface area contributed by atoms with Gasteiger partial charge in [-0.15, -0.1) is 0 Å². The van der Waals surface area contributed by atoms with Crippen LogP contribution in [0.4, 0.5) is 17.6 Å². The Morgan fingerprint density at radius 3 is 2.29 bits per heavy atom. The van der Waals surface area contributed by atoms with Crippen LogP contribution in [0.3, 0.4) is 0 Å².